The number of carbonyl (C=O) groups excluding carboxylic acids is 1. The molecule has 0 spiro atoms. The second-order valence-electron chi connectivity index (χ2n) is 5.61. The minimum atomic E-state index is -0.423. The van der Waals surface area contributed by atoms with Crippen LogP contribution in [0.1, 0.15) is 61.1 Å². The fourth-order valence-corrected chi connectivity index (χ4v) is 2.07. The van der Waals surface area contributed by atoms with Gasteiger partial charge in [-0.05, 0) is 39.3 Å². The first-order chi connectivity index (χ1) is 9.90. The maximum atomic E-state index is 12.1. The highest BCUT2D eigenvalue weighted by molar-refractivity contribution is 6.05. The molecule has 2 rings (SSSR count). The van der Waals surface area contributed by atoms with Crippen LogP contribution in [0.4, 0.5) is 11.5 Å². The van der Waals surface area contributed by atoms with Crippen molar-refractivity contribution in [1.29, 1.82) is 0 Å². The summed E-state index contributed by atoms with van der Waals surface area (Å²) in [6.45, 7) is 8.45. The molecular formula is C15H20N4O2. The van der Waals surface area contributed by atoms with Gasteiger partial charge in [-0.25, -0.2) is 4.63 Å². The van der Waals surface area contributed by atoms with Gasteiger partial charge < -0.3 is 11.1 Å². The Kier molecular flexibility index (Phi) is 4.26. The fraction of sp³-hybridized carbons (Fsp3) is 0.400. The van der Waals surface area contributed by atoms with Crippen molar-refractivity contribution in [2.24, 2.45) is 0 Å². The van der Waals surface area contributed by atoms with Gasteiger partial charge in [-0.2, -0.15) is 0 Å². The molecule has 112 valence electrons. The fourth-order valence-electron chi connectivity index (χ4n) is 2.07. The summed E-state index contributed by atoms with van der Waals surface area (Å²) >= 11 is 0. The van der Waals surface area contributed by atoms with E-state index in [0.29, 0.717) is 5.92 Å². The Bertz CT molecular complexity index is 647. The summed E-state index contributed by atoms with van der Waals surface area (Å²) in [6, 6.07) is 6.04. The number of amides is 1. The molecule has 1 aromatic heterocycles. The van der Waals surface area contributed by atoms with Crippen LogP contribution in [-0.4, -0.2) is 16.2 Å². The zero-order valence-electron chi connectivity index (χ0n) is 12.7. The molecule has 0 atom stereocenters. The maximum absolute atomic E-state index is 12.1. The molecule has 1 heterocycles. The topological polar surface area (TPSA) is 94.0 Å². The Morgan fingerprint density at radius 1 is 1.19 bits per heavy atom. The van der Waals surface area contributed by atoms with E-state index >= 15 is 0 Å². The minimum absolute atomic E-state index is 0.00218. The molecule has 0 aliphatic carbocycles. The first-order valence-electron chi connectivity index (χ1n) is 6.93. The van der Waals surface area contributed by atoms with Gasteiger partial charge in [0.1, 0.15) is 0 Å². The Labute approximate surface area is 123 Å². The minimum Gasteiger partial charge on any atom is -0.379 e. The quantitative estimate of drug-likeness (QED) is 0.901. The number of nitrogens with one attached hydrogen (secondary N) is 1. The summed E-state index contributed by atoms with van der Waals surface area (Å²) in [7, 11) is 0. The Morgan fingerprint density at radius 2 is 1.90 bits per heavy atom. The number of benzene rings is 1. The van der Waals surface area contributed by atoms with E-state index in [-0.39, 0.29) is 17.4 Å². The number of carbonyl (C=O) groups is 1. The molecule has 0 aliphatic rings. The van der Waals surface area contributed by atoms with Gasteiger partial charge in [0.15, 0.2) is 0 Å². The highest BCUT2D eigenvalue weighted by atomic mass is 16.6. The number of hydrogen-bond acceptors (Lipinski definition) is 5. The second kappa shape index (κ2) is 5.95. The van der Waals surface area contributed by atoms with Crippen molar-refractivity contribution in [3.8, 4) is 0 Å². The number of aromatic nitrogens is 2. The van der Waals surface area contributed by atoms with Crippen LogP contribution >= 0.6 is 0 Å². The largest absolute Gasteiger partial charge is 0.379 e. The summed E-state index contributed by atoms with van der Waals surface area (Å²) < 4.78 is 4.45. The number of rotatable bonds is 4. The molecule has 0 aliphatic heterocycles. The van der Waals surface area contributed by atoms with E-state index < -0.39 is 5.91 Å². The zero-order valence-corrected chi connectivity index (χ0v) is 12.7. The van der Waals surface area contributed by atoms with Crippen molar-refractivity contribution in [3.05, 3.63) is 35.0 Å². The Balaban J connectivity index is 2.31. The van der Waals surface area contributed by atoms with Crippen molar-refractivity contribution in [2.45, 2.75) is 39.5 Å². The zero-order chi connectivity index (χ0) is 15.6. The van der Waals surface area contributed by atoms with Crippen LogP contribution in [0.5, 0.6) is 0 Å². The lowest BCUT2D eigenvalue weighted by atomic mass is 9.94. The lowest BCUT2D eigenvalue weighted by Crippen LogP contribution is -2.16. The van der Waals surface area contributed by atoms with Crippen molar-refractivity contribution >= 4 is 17.4 Å². The predicted octanol–water partition coefficient (Wildman–Crippen LogP) is 3.15. The first-order valence-corrected chi connectivity index (χ1v) is 6.93. The maximum Gasteiger partial charge on any atom is 0.281 e. The third-order valence-corrected chi connectivity index (χ3v) is 3.34. The molecule has 1 aromatic carbocycles. The van der Waals surface area contributed by atoms with Gasteiger partial charge in [-0.1, -0.05) is 39.8 Å². The van der Waals surface area contributed by atoms with Gasteiger partial charge >= 0.3 is 0 Å². The van der Waals surface area contributed by atoms with E-state index in [2.05, 4.69) is 54.0 Å². The summed E-state index contributed by atoms with van der Waals surface area (Å²) in [5, 5.41) is 9.73. The van der Waals surface area contributed by atoms with Gasteiger partial charge in [-0.3, -0.25) is 4.79 Å². The third kappa shape index (κ3) is 3.21. The lowest BCUT2D eigenvalue weighted by Gasteiger charge is -2.16. The van der Waals surface area contributed by atoms with Crippen molar-refractivity contribution < 1.29 is 9.42 Å². The molecule has 0 fully saturated rings. The van der Waals surface area contributed by atoms with E-state index in [1.165, 1.54) is 5.56 Å². The first kappa shape index (κ1) is 15.0. The van der Waals surface area contributed by atoms with Gasteiger partial charge in [0.25, 0.3) is 5.91 Å². The Hall–Kier alpha value is -2.37. The van der Waals surface area contributed by atoms with E-state index in [9.17, 15) is 4.79 Å². The molecule has 6 heteroatoms. The molecule has 0 saturated carbocycles. The third-order valence-electron chi connectivity index (χ3n) is 3.34. The van der Waals surface area contributed by atoms with E-state index in [1.54, 1.807) is 0 Å². The number of nitrogens with zero attached hydrogens (tertiary/aromatic N) is 2. The average Bonchev–Trinajstić information content (AvgIpc) is 2.85. The smallest absolute Gasteiger partial charge is 0.281 e. The molecule has 0 saturated heterocycles. The summed E-state index contributed by atoms with van der Waals surface area (Å²) in [4.78, 5) is 12.1. The molecule has 21 heavy (non-hydrogen) atoms. The van der Waals surface area contributed by atoms with Crippen LogP contribution in [-0.2, 0) is 0 Å². The summed E-state index contributed by atoms with van der Waals surface area (Å²) in [5.74, 6) is 0.278. The normalized spacial score (nSPS) is 11.1. The van der Waals surface area contributed by atoms with Crippen LogP contribution in [0.15, 0.2) is 22.8 Å². The molecule has 0 radical (unpaired) electrons. The highest BCUT2D eigenvalue weighted by Gasteiger charge is 2.18. The molecule has 0 bridgehead atoms. The van der Waals surface area contributed by atoms with E-state index in [0.717, 1.165) is 11.3 Å². The van der Waals surface area contributed by atoms with Crippen molar-refractivity contribution in [2.75, 3.05) is 11.1 Å². The van der Waals surface area contributed by atoms with Crippen LogP contribution in [0.3, 0.4) is 0 Å². The number of hydrogen-bond donors (Lipinski definition) is 2. The van der Waals surface area contributed by atoms with E-state index in [1.807, 2.05) is 12.1 Å². The molecule has 6 nitrogen and oxygen atoms in total. The molecular weight excluding hydrogens is 268 g/mol. The molecule has 2 aromatic rings. The number of anilines is 2. The van der Waals surface area contributed by atoms with Crippen LogP contribution in [0.25, 0.3) is 0 Å². The van der Waals surface area contributed by atoms with Crippen molar-refractivity contribution in [3.63, 3.8) is 0 Å². The van der Waals surface area contributed by atoms with E-state index in [4.69, 9.17) is 5.73 Å². The van der Waals surface area contributed by atoms with Crippen LogP contribution in [0, 0.1) is 0 Å². The monoisotopic (exact) mass is 288 g/mol. The average molecular weight is 288 g/mol. The highest BCUT2D eigenvalue weighted by Crippen LogP contribution is 2.28. The summed E-state index contributed by atoms with van der Waals surface area (Å²) in [5.41, 5.74) is 8.59. The van der Waals surface area contributed by atoms with Crippen molar-refractivity contribution in [1.82, 2.24) is 10.3 Å². The number of nitrogen functional groups attached to an aromatic ring is 1. The van der Waals surface area contributed by atoms with Crippen LogP contribution < -0.4 is 11.1 Å². The van der Waals surface area contributed by atoms with Gasteiger partial charge in [-0.15, -0.1) is 0 Å². The molecule has 3 N–H and O–H groups in total. The van der Waals surface area contributed by atoms with Gasteiger partial charge in [0.2, 0.25) is 11.5 Å². The molecule has 0 unspecified atom stereocenters. The lowest BCUT2D eigenvalue weighted by molar-refractivity contribution is 0.101. The number of nitrogens with two attached hydrogens (primary N) is 1. The summed E-state index contributed by atoms with van der Waals surface area (Å²) in [6.07, 6.45) is 0. The standard InChI is InChI=1S/C15H20N4O2/c1-8(2)10-5-6-12(11(7-10)9(3)4)17-15(20)13-14(16)19-21-18-13/h5-9H,1-4H3,(H2,16,19)(H,17,20). The SMILES string of the molecule is CC(C)c1ccc(NC(=O)c2nonc2N)c(C(C)C)c1. The van der Waals surface area contributed by atoms with Gasteiger partial charge in [0.05, 0.1) is 0 Å². The van der Waals surface area contributed by atoms with Gasteiger partial charge in [0, 0.05) is 5.69 Å². The molecule has 1 amide bonds. The van der Waals surface area contributed by atoms with Crippen LogP contribution in [0.2, 0.25) is 0 Å². The predicted molar refractivity (Wildman–Crippen MR) is 81.3 cm³/mol. The Morgan fingerprint density at radius 3 is 2.43 bits per heavy atom. The second-order valence-corrected chi connectivity index (χ2v) is 5.61.